The van der Waals surface area contributed by atoms with E-state index in [2.05, 4.69) is 39.7 Å². The molecule has 3 N–H and O–H groups in total. The number of nitrogens with one attached hydrogen (secondary N) is 1. The highest BCUT2D eigenvalue weighted by molar-refractivity contribution is 5.67. The van der Waals surface area contributed by atoms with Gasteiger partial charge in [0.15, 0.2) is 0 Å². The number of aryl methyl sites for hydroxylation is 1. The van der Waals surface area contributed by atoms with Crippen molar-refractivity contribution in [1.82, 2.24) is 15.2 Å². The van der Waals surface area contributed by atoms with Gasteiger partial charge in [0, 0.05) is 30.5 Å². The highest BCUT2D eigenvalue weighted by Gasteiger charge is 2.15. The number of nitrogen functional groups attached to an aromatic ring is 1. The molecule has 3 heterocycles. The van der Waals surface area contributed by atoms with E-state index in [0.717, 1.165) is 36.5 Å². The third-order valence-electron chi connectivity index (χ3n) is 4.33. The molecule has 2 aromatic rings. The van der Waals surface area contributed by atoms with Crippen molar-refractivity contribution in [2.45, 2.75) is 32.6 Å². The van der Waals surface area contributed by atoms with Gasteiger partial charge in [0.2, 0.25) is 0 Å². The number of nitrogens with zero attached hydrogens (tertiary/aromatic N) is 4. The first-order valence-electron chi connectivity index (χ1n) is 9.29. The van der Waals surface area contributed by atoms with Crippen LogP contribution in [0.5, 0.6) is 0 Å². The zero-order valence-corrected chi connectivity index (χ0v) is 15.9. The number of unbranched alkanes of at least 4 members (excludes halogenated alkanes) is 1. The quantitative estimate of drug-likeness (QED) is 0.812. The minimum Gasteiger partial charge on any atom is -0.383 e. The van der Waals surface area contributed by atoms with Crippen molar-refractivity contribution in [2.75, 3.05) is 36.9 Å². The molecule has 0 radical (unpaired) electrons. The first-order chi connectivity index (χ1) is 13.2. The first kappa shape index (κ1) is 20.5. The lowest BCUT2D eigenvalue weighted by Gasteiger charge is -2.28. The number of anilines is 2. The van der Waals surface area contributed by atoms with Gasteiger partial charge in [-0.3, -0.25) is 5.10 Å². The van der Waals surface area contributed by atoms with Crippen molar-refractivity contribution in [3.8, 4) is 6.07 Å². The summed E-state index contributed by atoms with van der Waals surface area (Å²) in [7, 11) is 0. The van der Waals surface area contributed by atoms with Crippen LogP contribution < -0.4 is 10.6 Å². The minimum atomic E-state index is 0.311. The molecule has 0 unspecified atom stereocenters. The van der Waals surface area contributed by atoms with Gasteiger partial charge in [-0.2, -0.15) is 10.4 Å². The molecule has 0 atom stereocenters. The highest BCUT2D eigenvalue weighted by atomic mass is 16.5. The molecule has 0 aliphatic carbocycles. The summed E-state index contributed by atoms with van der Waals surface area (Å²) in [6.45, 7) is 8.89. The second-order valence-electron chi connectivity index (χ2n) is 6.26. The van der Waals surface area contributed by atoms with Crippen LogP contribution in [-0.2, 0) is 17.6 Å². The fourth-order valence-corrected chi connectivity index (χ4v) is 2.83. The highest BCUT2D eigenvalue weighted by Crippen LogP contribution is 2.24. The number of pyridine rings is 1. The van der Waals surface area contributed by atoms with E-state index in [0.29, 0.717) is 25.5 Å². The van der Waals surface area contributed by atoms with Crippen LogP contribution in [0.2, 0.25) is 0 Å². The molecule has 1 aliphatic heterocycles. The Kier molecular flexibility index (Phi) is 8.33. The fraction of sp³-hybridized carbons (Fsp3) is 0.450. The van der Waals surface area contributed by atoms with Crippen LogP contribution in [-0.4, -0.2) is 41.5 Å². The van der Waals surface area contributed by atoms with Crippen molar-refractivity contribution in [3.05, 3.63) is 41.7 Å². The molecule has 0 saturated carbocycles. The maximum absolute atomic E-state index is 8.85. The second kappa shape index (κ2) is 11.0. The van der Waals surface area contributed by atoms with Crippen LogP contribution in [0.4, 0.5) is 11.6 Å². The SMILES string of the molecule is C=Cc1c(CC#N)cc(N2CCOCC2)nc1N.CCCCc1ccn[nH]1. The van der Waals surface area contributed by atoms with E-state index < -0.39 is 0 Å². The number of rotatable bonds is 6. The van der Waals surface area contributed by atoms with Gasteiger partial charge in [0.1, 0.15) is 11.6 Å². The molecule has 7 heteroatoms. The minimum absolute atomic E-state index is 0.311. The molecule has 7 nitrogen and oxygen atoms in total. The largest absolute Gasteiger partial charge is 0.383 e. The normalized spacial score (nSPS) is 13.4. The van der Waals surface area contributed by atoms with Gasteiger partial charge < -0.3 is 15.4 Å². The van der Waals surface area contributed by atoms with E-state index in [1.54, 1.807) is 12.3 Å². The third kappa shape index (κ3) is 6.12. The fourth-order valence-electron chi connectivity index (χ4n) is 2.83. The number of aromatic nitrogens is 3. The lowest BCUT2D eigenvalue weighted by molar-refractivity contribution is 0.122. The summed E-state index contributed by atoms with van der Waals surface area (Å²) >= 11 is 0. The molecule has 0 aromatic carbocycles. The van der Waals surface area contributed by atoms with Crippen LogP contribution in [0.25, 0.3) is 6.08 Å². The number of H-pyrrole nitrogens is 1. The summed E-state index contributed by atoms with van der Waals surface area (Å²) in [5.74, 6) is 1.24. The lowest BCUT2D eigenvalue weighted by atomic mass is 10.1. The Labute approximate surface area is 160 Å². The molecule has 1 saturated heterocycles. The predicted octanol–water partition coefficient (Wildman–Crippen LogP) is 2.96. The van der Waals surface area contributed by atoms with Gasteiger partial charge in [0.25, 0.3) is 0 Å². The van der Waals surface area contributed by atoms with Crippen molar-refractivity contribution in [1.29, 1.82) is 5.26 Å². The average molecular weight is 368 g/mol. The Hall–Kier alpha value is -2.85. The molecule has 3 rings (SSSR count). The third-order valence-corrected chi connectivity index (χ3v) is 4.33. The molecule has 0 bridgehead atoms. The van der Waals surface area contributed by atoms with Crippen molar-refractivity contribution >= 4 is 17.7 Å². The maximum atomic E-state index is 8.85. The zero-order chi connectivity index (χ0) is 19.5. The summed E-state index contributed by atoms with van der Waals surface area (Å²) in [5, 5.41) is 15.6. The second-order valence-corrected chi connectivity index (χ2v) is 6.26. The van der Waals surface area contributed by atoms with Gasteiger partial charge in [-0.15, -0.1) is 0 Å². The Morgan fingerprint density at radius 3 is 2.81 bits per heavy atom. The van der Waals surface area contributed by atoms with E-state index in [1.807, 2.05) is 12.1 Å². The number of hydrogen-bond acceptors (Lipinski definition) is 6. The van der Waals surface area contributed by atoms with Gasteiger partial charge in [-0.1, -0.05) is 26.0 Å². The van der Waals surface area contributed by atoms with Gasteiger partial charge in [-0.05, 0) is 30.5 Å². The Balaban J connectivity index is 0.000000244. The standard InChI is InChI=1S/C13H16N4O.C7H12N2/c1-2-11-10(3-4-14)9-12(16-13(11)15)17-5-7-18-8-6-17;1-2-3-4-7-5-6-8-9-7/h2,9H,1,3,5-8H2,(H2,15,16);5-6H,2-4H2,1H3,(H,8,9). The smallest absolute Gasteiger partial charge is 0.133 e. The molecular weight excluding hydrogens is 340 g/mol. The van der Waals surface area contributed by atoms with Crippen LogP contribution in [0.15, 0.2) is 24.9 Å². The van der Waals surface area contributed by atoms with Crippen LogP contribution in [0, 0.1) is 11.3 Å². The Morgan fingerprint density at radius 2 is 2.22 bits per heavy atom. The van der Waals surface area contributed by atoms with Gasteiger partial charge in [0.05, 0.1) is 25.7 Å². The molecule has 0 spiro atoms. The maximum Gasteiger partial charge on any atom is 0.133 e. The average Bonchev–Trinajstić information content (AvgIpc) is 3.21. The van der Waals surface area contributed by atoms with E-state index in [1.165, 1.54) is 18.5 Å². The summed E-state index contributed by atoms with van der Waals surface area (Å²) in [6.07, 6.45) is 7.40. The first-order valence-corrected chi connectivity index (χ1v) is 9.29. The summed E-state index contributed by atoms with van der Waals surface area (Å²) in [6, 6.07) is 6.08. The summed E-state index contributed by atoms with van der Waals surface area (Å²) in [4.78, 5) is 6.50. The predicted molar refractivity (Wildman–Crippen MR) is 108 cm³/mol. The molecule has 2 aromatic heterocycles. The molecule has 0 amide bonds. The number of morpholine rings is 1. The van der Waals surface area contributed by atoms with Crippen LogP contribution in [0.1, 0.15) is 36.6 Å². The van der Waals surface area contributed by atoms with Crippen molar-refractivity contribution in [2.24, 2.45) is 0 Å². The number of hydrogen-bond donors (Lipinski definition) is 2. The topological polar surface area (TPSA) is 104 Å². The van der Waals surface area contributed by atoms with Gasteiger partial charge in [-0.25, -0.2) is 4.98 Å². The monoisotopic (exact) mass is 368 g/mol. The lowest BCUT2D eigenvalue weighted by Crippen LogP contribution is -2.37. The number of aromatic amines is 1. The number of nitrogens with two attached hydrogens (primary N) is 1. The molecule has 27 heavy (non-hydrogen) atoms. The molecule has 1 fully saturated rings. The van der Waals surface area contributed by atoms with Crippen LogP contribution in [0.3, 0.4) is 0 Å². The van der Waals surface area contributed by atoms with Crippen molar-refractivity contribution in [3.63, 3.8) is 0 Å². The molecule has 144 valence electrons. The van der Waals surface area contributed by atoms with Gasteiger partial charge >= 0.3 is 0 Å². The van der Waals surface area contributed by atoms with Crippen LogP contribution >= 0.6 is 0 Å². The summed E-state index contributed by atoms with van der Waals surface area (Å²) in [5.41, 5.74) is 8.80. The van der Waals surface area contributed by atoms with E-state index in [4.69, 9.17) is 15.7 Å². The molecule has 1 aliphatic rings. The zero-order valence-electron chi connectivity index (χ0n) is 15.9. The Bertz CT molecular complexity index is 745. The molecular formula is C20H28N6O. The summed E-state index contributed by atoms with van der Waals surface area (Å²) < 4.78 is 5.30. The van der Waals surface area contributed by atoms with E-state index in [9.17, 15) is 0 Å². The Morgan fingerprint density at radius 1 is 1.44 bits per heavy atom. The van der Waals surface area contributed by atoms with E-state index >= 15 is 0 Å². The van der Waals surface area contributed by atoms with Crippen molar-refractivity contribution < 1.29 is 4.74 Å². The number of nitriles is 1. The van der Waals surface area contributed by atoms with E-state index in [-0.39, 0.29) is 0 Å². The number of ether oxygens (including phenoxy) is 1.